The van der Waals surface area contributed by atoms with Crippen molar-refractivity contribution in [1.29, 1.82) is 0 Å². The summed E-state index contributed by atoms with van der Waals surface area (Å²) in [5.41, 5.74) is 8.84. The van der Waals surface area contributed by atoms with Crippen LogP contribution in [0.5, 0.6) is 0 Å². The predicted molar refractivity (Wildman–Crippen MR) is 69.6 cm³/mol. The molecule has 0 aliphatic heterocycles. The maximum absolute atomic E-state index is 8.89. The smallest absolute Gasteiger partial charge is 0.0456 e. The number of hydrogen-bond donors (Lipinski definition) is 3. The molecule has 0 aromatic heterocycles. The average molecular weight is 222 g/mol. The summed E-state index contributed by atoms with van der Waals surface area (Å²) in [6.45, 7) is 5.33. The highest BCUT2D eigenvalue weighted by Gasteiger charge is 2.01. The molecule has 1 atom stereocenters. The third-order valence-corrected chi connectivity index (χ3v) is 2.76. The summed E-state index contributed by atoms with van der Waals surface area (Å²) in [5.74, 6) is 0.392. The Morgan fingerprint density at radius 2 is 2.19 bits per heavy atom. The van der Waals surface area contributed by atoms with Gasteiger partial charge < -0.3 is 16.2 Å². The second-order valence-electron chi connectivity index (χ2n) is 4.43. The predicted octanol–water partition coefficient (Wildman–Crippen LogP) is 2.40. The number of nitrogens with one attached hydrogen (secondary N) is 1. The van der Waals surface area contributed by atoms with Gasteiger partial charge in [-0.25, -0.2) is 0 Å². The number of aryl methyl sites for hydroxylation is 1. The van der Waals surface area contributed by atoms with Crippen LogP contribution in [0.1, 0.15) is 25.3 Å². The molecule has 0 saturated carbocycles. The van der Waals surface area contributed by atoms with Crippen molar-refractivity contribution < 1.29 is 5.11 Å². The van der Waals surface area contributed by atoms with Gasteiger partial charge in [-0.3, -0.25) is 0 Å². The van der Waals surface area contributed by atoms with Crippen molar-refractivity contribution in [3.8, 4) is 0 Å². The first-order chi connectivity index (χ1) is 7.63. The van der Waals surface area contributed by atoms with Crippen molar-refractivity contribution in [2.75, 3.05) is 24.2 Å². The quantitative estimate of drug-likeness (QED) is 0.511. The van der Waals surface area contributed by atoms with Crippen LogP contribution in [-0.2, 0) is 0 Å². The van der Waals surface area contributed by atoms with Crippen LogP contribution < -0.4 is 11.1 Å². The molecule has 1 aromatic rings. The van der Waals surface area contributed by atoms with Gasteiger partial charge in [-0.05, 0) is 43.4 Å². The normalized spacial score (nSPS) is 12.4. The summed E-state index contributed by atoms with van der Waals surface area (Å²) < 4.78 is 0. The number of anilines is 2. The number of nitrogen functional groups attached to an aromatic ring is 1. The van der Waals surface area contributed by atoms with E-state index < -0.39 is 0 Å². The van der Waals surface area contributed by atoms with Crippen LogP contribution >= 0.6 is 0 Å². The molecule has 0 amide bonds. The third kappa shape index (κ3) is 4.11. The molecule has 0 heterocycles. The molecule has 0 spiro atoms. The van der Waals surface area contributed by atoms with Crippen LogP contribution in [0.2, 0.25) is 0 Å². The second-order valence-corrected chi connectivity index (χ2v) is 4.43. The van der Waals surface area contributed by atoms with Crippen LogP contribution in [0.3, 0.4) is 0 Å². The second kappa shape index (κ2) is 6.38. The number of nitrogens with two attached hydrogens (primary N) is 1. The van der Waals surface area contributed by atoms with Gasteiger partial charge in [-0.2, -0.15) is 0 Å². The van der Waals surface area contributed by atoms with Crippen molar-refractivity contribution >= 4 is 11.4 Å². The highest BCUT2D eigenvalue weighted by molar-refractivity contribution is 5.59. The SMILES string of the molecule is Cc1ccc(N)cc1NCCCC(C)CO. The molecule has 1 rings (SSSR count). The fourth-order valence-electron chi connectivity index (χ4n) is 1.59. The summed E-state index contributed by atoms with van der Waals surface area (Å²) in [6.07, 6.45) is 2.11. The Bertz CT molecular complexity index is 326. The summed E-state index contributed by atoms with van der Waals surface area (Å²) in [4.78, 5) is 0. The highest BCUT2D eigenvalue weighted by atomic mass is 16.3. The van der Waals surface area contributed by atoms with Crippen LogP contribution in [0, 0.1) is 12.8 Å². The van der Waals surface area contributed by atoms with Gasteiger partial charge in [0.1, 0.15) is 0 Å². The number of benzene rings is 1. The van der Waals surface area contributed by atoms with Crippen molar-refractivity contribution in [3.05, 3.63) is 23.8 Å². The van der Waals surface area contributed by atoms with Crippen molar-refractivity contribution in [2.45, 2.75) is 26.7 Å². The Kier molecular flexibility index (Phi) is 5.12. The molecular weight excluding hydrogens is 200 g/mol. The van der Waals surface area contributed by atoms with Crippen LogP contribution in [0.4, 0.5) is 11.4 Å². The zero-order chi connectivity index (χ0) is 12.0. The van der Waals surface area contributed by atoms with E-state index in [0.29, 0.717) is 5.92 Å². The first kappa shape index (κ1) is 12.8. The number of hydrogen-bond acceptors (Lipinski definition) is 3. The van der Waals surface area contributed by atoms with E-state index in [1.807, 2.05) is 18.2 Å². The van der Waals surface area contributed by atoms with E-state index in [-0.39, 0.29) is 6.61 Å². The Morgan fingerprint density at radius 3 is 2.88 bits per heavy atom. The van der Waals surface area contributed by atoms with Crippen molar-refractivity contribution in [1.82, 2.24) is 0 Å². The Hall–Kier alpha value is -1.22. The summed E-state index contributed by atoms with van der Waals surface area (Å²) in [7, 11) is 0. The van der Waals surface area contributed by atoms with E-state index in [0.717, 1.165) is 30.8 Å². The van der Waals surface area contributed by atoms with Gasteiger partial charge in [0.25, 0.3) is 0 Å². The van der Waals surface area contributed by atoms with E-state index in [2.05, 4.69) is 19.2 Å². The molecule has 0 bridgehead atoms. The molecule has 0 aliphatic carbocycles. The maximum atomic E-state index is 8.89. The minimum Gasteiger partial charge on any atom is -0.399 e. The minimum absolute atomic E-state index is 0.275. The van der Waals surface area contributed by atoms with E-state index in [9.17, 15) is 0 Å². The molecule has 3 nitrogen and oxygen atoms in total. The molecule has 0 aliphatic rings. The van der Waals surface area contributed by atoms with Gasteiger partial charge in [0, 0.05) is 24.5 Å². The van der Waals surface area contributed by atoms with E-state index >= 15 is 0 Å². The van der Waals surface area contributed by atoms with Gasteiger partial charge in [0.2, 0.25) is 0 Å². The zero-order valence-electron chi connectivity index (χ0n) is 10.2. The van der Waals surface area contributed by atoms with Crippen molar-refractivity contribution in [2.24, 2.45) is 5.92 Å². The molecule has 1 aromatic carbocycles. The summed E-state index contributed by atoms with van der Waals surface area (Å²) in [6, 6.07) is 5.90. The lowest BCUT2D eigenvalue weighted by atomic mass is 10.1. The van der Waals surface area contributed by atoms with Gasteiger partial charge >= 0.3 is 0 Å². The molecule has 4 N–H and O–H groups in total. The van der Waals surface area contributed by atoms with E-state index in [1.54, 1.807) is 0 Å². The van der Waals surface area contributed by atoms with Crippen molar-refractivity contribution in [3.63, 3.8) is 0 Å². The molecule has 16 heavy (non-hydrogen) atoms. The van der Waals surface area contributed by atoms with E-state index in [1.165, 1.54) is 5.56 Å². The van der Waals surface area contributed by atoms with Crippen LogP contribution in [0.25, 0.3) is 0 Å². The summed E-state index contributed by atoms with van der Waals surface area (Å²) in [5, 5.41) is 12.3. The Balaban J connectivity index is 2.34. The lowest BCUT2D eigenvalue weighted by molar-refractivity contribution is 0.229. The first-order valence-corrected chi connectivity index (χ1v) is 5.84. The molecular formula is C13H22N2O. The lowest BCUT2D eigenvalue weighted by Crippen LogP contribution is -2.07. The number of aliphatic hydroxyl groups is 1. The van der Waals surface area contributed by atoms with Crippen LogP contribution in [0.15, 0.2) is 18.2 Å². The average Bonchev–Trinajstić information content (AvgIpc) is 2.28. The Morgan fingerprint density at radius 1 is 1.44 bits per heavy atom. The fraction of sp³-hybridized carbons (Fsp3) is 0.538. The molecule has 0 fully saturated rings. The maximum Gasteiger partial charge on any atom is 0.0456 e. The highest BCUT2D eigenvalue weighted by Crippen LogP contribution is 2.18. The topological polar surface area (TPSA) is 58.3 Å². The number of rotatable bonds is 6. The molecule has 1 unspecified atom stereocenters. The first-order valence-electron chi connectivity index (χ1n) is 5.84. The monoisotopic (exact) mass is 222 g/mol. The van der Waals surface area contributed by atoms with Gasteiger partial charge in [-0.15, -0.1) is 0 Å². The molecule has 90 valence electrons. The summed E-state index contributed by atoms with van der Waals surface area (Å²) >= 11 is 0. The fourth-order valence-corrected chi connectivity index (χ4v) is 1.59. The number of aliphatic hydroxyl groups excluding tert-OH is 1. The van der Waals surface area contributed by atoms with E-state index in [4.69, 9.17) is 10.8 Å². The minimum atomic E-state index is 0.275. The third-order valence-electron chi connectivity index (χ3n) is 2.76. The van der Waals surface area contributed by atoms with Crippen LogP contribution in [-0.4, -0.2) is 18.3 Å². The van der Waals surface area contributed by atoms with Gasteiger partial charge in [0.05, 0.1) is 0 Å². The van der Waals surface area contributed by atoms with Gasteiger partial charge in [-0.1, -0.05) is 13.0 Å². The molecule has 3 heteroatoms. The Labute approximate surface area is 97.7 Å². The largest absolute Gasteiger partial charge is 0.399 e. The zero-order valence-corrected chi connectivity index (χ0v) is 10.2. The lowest BCUT2D eigenvalue weighted by Gasteiger charge is -2.11. The van der Waals surface area contributed by atoms with Gasteiger partial charge in [0.15, 0.2) is 0 Å². The standard InChI is InChI=1S/C13H22N2O/c1-10(9-16)4-3-7-15-13-8-12(14)6-5-11(13)2/h5-6,8,10,15-16H,3-4,7,9,14H2,1-2H3. The molecule has 0 radical (unpaired) electrons. The molecule has 0 saturated heterocycles.